The topological polar surface area (TPSA) is 26.0 Å². The van der Waals surface area contributed by atoms with Gasteiger partial charge in [-0.15, -0.1) is 0 Å². The molecule has 0 heterocycles. The fourth-order valence-corrected chi connectivity index (χ4v) is 2.30. The molecule has 0 radical (unpaired) electrons. The highest BCUT2D eigenvalue weighted by molar-refractivity contribution is 6.32. The fraction of sp³-hybridized carbons (Fsp3) is 0.500. The Balaban J connectivity index is 3.76. The molecule has 0 atom stereocenters. The standard InChI is InChI=1S/C12H15ClF3N/c1-6-8(17)5-7(13)10(12(14,15)16)9(6)11(2,3)4/h5H,17H2,1-4H3. The molecule has 0 aromatic heterocycles. The van der Waals surface area contributed by atoms with E-state index in [2.05, 4.69) is 0 Å². The van der Waals surface area contributed by atoms with Gasteiger partial charge in [-0.1, -0.05) is 32.4 Å². The van der Waals surface area contributed by atoms with Crippen LogP contribution in [0.5, 0.6) is 0 Å². The molecule has 0 unspecified atom stereocenters. The minimum atomic E-state index is -4.47. The second-order valence-electron chi connectivity index (χ2n) is 5.07. The van der Waals surface area contributed by atoms with E-state index in [1.54, 1.807) is 27.7 Å². The van der Waals surface area contributed by atoms with Gasteiger partial charge in [-0.05, 0) is 29.5 Å². The molecule has 0 saturated carbocycles. The van der Waals surface area contributed by atoms with E-state index in [1.807, 2.05) is 0 Å². The maximum absolute atomic E-state index is 13.0. The van der Waals surface area contributed by atoms with Crippen LogP contribution in [0.2, 0.25) is 5.02 Å². The Morgan fingerprint density at radius 1 is 1.12 bits per heavy atom. The Labute approximate surface area is 104 Å². The average molecular weight is 266 g/mol. The van der Waals surface area contributed by atoms with Crippen LogP contribution in [0, 0.1) is 6.92 Å². The number of nitrogen functional groups attached to an aromatic ring is 1. The highest BCUT2D eigenvalue weighted by Crippen LogP contribution is 2.44. The number of hydrogen-bond acceptors (Lipinski definition) is 1. The van der Waals surface area contributed by atoms with Crippen molar-refractivity contribution >= 4 is 17.3 Å². The van der Waals surface area contributed by atoms with E-state index < -0.39 is 17.2 Å². The second-order valence-corrected chi connectivity index (χ2v) is 5.48. The zero-order chi connectivity index (χ0) is 13.6. The third-order valence-corrected chi connectivity index (χ3v) is 2.91. The molecule has 0 fully saturated rings. The first-order valence-corrected chi connectivity index (χ1v) is 5.50. The lowest BCUT2D eigenvalue weighted by Crippen LogP contribution is -2.22. The summed E-state index contributed by atoms with van der Waals surface area (Å²) in [4.78, 5) is 0. The van der Waals surface area contributed by atoms with Gasteiger partial charge in [0.15, 0.2) is 0 Å². The summed E-state index contributed by atoms with van der Waals surface area (Å²) in [5, 5.41) is -0.342. The Bertz CT molecular complexity index is 445. The summed E-state index contributed by atoms with van der Waals surface area (Å²) in [5.74, 6) is 0. The Morgan fingerprint density at radius 2 is 1.59 bits per heavy atom. The predicted octanol–water partition coefficient (Wildman–Crippen LogP) is 4.55. The number of nitrogens with two attached hydrogens (primary N) is 1. The van der Waals surface area contributed by atoms with Crippen molar-refractivity contribution in [3.63, 3.8) is 0 Å². The van der Waals surface area contributed by atoms with Gasteiger partial charge < -0.3 is 5.73 Å². The molecule has 1 aromatic carbocycles. The molecule has 0 amide bonds. The highest BCUT2D eigenvalue weighted by Gasteiger charge is 2.40. The number of hydrogen-bond donors (Lipinski definition) is 1. The van der Waals surface area contributed by atoms with E-state index in [-0.39, 0.29) is 16.3 Å². The van der Waals surface area contributed by atoms with Crippen LogP contribution in [0.4, 0.5) is 18.9 Å². The molecule has 17 heavy (non-hydrogen) atoms. The van der Waals surface area contributed by atoms with E-state index >= 15 is 0 Å². The van der Waals surface area contributed by atoms with Crippen LogP contribution in [0.25, 0.3) is 0 Å². The van der Waals surface area contributed by atoms with Gasteiger partial charge in [-0.2, -0.15) is 13.2 Å². The first-order chi connectivity index (χ1) is 7.46. The lowest BCUT2D eigenvalue weighted by molar-refractivity contribution is -0.138. The van der Waals surface area contributed by atoms with Gasteiger partial charge in [0.1, 0.15) is 0 Å². The molecule has 0 bridgehead atoms. The quantitative estimate of drug-likeness (QED) is 0.685. The van der Waals surface area contributed by atoms with Crippen molar-refractivity contribution in [2.24, 2.45) is 0 Å². The molecule has 0 spiro atoms. The summed E-state index contributed by atoms with van der Waals surface area (Å²) in [6, 6.07) is 1.16. The molecule has 0 aliphatic rings. The van der Waals surface area contributed by atoms with E-state index in [4.69, 9.17) is 17.3 Å². The molecule has 0 saturated heterocycles. The summed E-state index contributed by atoms with van der Waals surface area (Å²) in [5.41, 5.74) is 5.11. The molecular weight excluding hydrogens is 251 g/mol. The largest absolute Gasteiger partial charge is 0.418 e. The molecular formula is C12H15ClF3N. The SMILES string of the molecule is Cc1c(N)cc(Cl)c(C(F)(F)F)c1C(C)(C)C. The van der Waals surface area contributed by atoms with Crippen molar-refractivity contribution in [3.05, 3.63) is 27.8 Å². The van der Waals surface area contributed by atoms with Crippen LogP contribution in [0.1, 0.15) is 37.5 Å². The molecule has 1 nitrogen and oxygen atoms in total. The smallest absolute Gasteiger partial charge is 0.398 e. The summed E-state index contributed by atoms with van der Waals surface area (Å²) in [6.07, 6.45) is -4.47. The zero-order valence-corrected chi connectivity index (χ0v) is 10.9. The molecule has 1 rings (SSSR count). The van der Waals surface area contributed by atoms with Crippen LogP contribution >= 0.6 is 11.6 Å². The molecule has 96 valence electrons. The van der Waals surface area contributed by atoms with Gasteiger partial charge in [-0.25, -0.2) is 0 Å². The van der Waals surface area contributed by atoms with Gasteiger partial charge in [0.25, 0.3) is 0 Å². The molecule has 1 aromatic rings. The minimum absolute atomic E-state index is 0.162. The van der Waals surface area contributed by atoms with E-state index in [0.717, 1.165) is 6.07 Å². The third kappa shape index (κ3) is 2.68. The van der Waals surface area contributed by atoms with Crippen molar-refractivity contribution < 1.29 is 13.2 Å². The number of benzene rings is 1. The fourth-order valence-electron chi connectivity index (χ4n) is 1.98. The van der Waals surface area contributed by atoms with Crippen LogP contribution in [-0.2, 0) is 11.6 Å². The number of alkyl halides is 3. The summed E-state index contributed by atoms with van der Waals surface area (Å²) < 4.78 is 39.1. The van der Waals surface area contributed by atoms with Crippen molar-refractivity contribution in [3.8, 4) is 0 Å². The van der Waals surface area contributed by atoms with Gasteiger partial charge >= 0.3 is 6.18 Å². The lowest BCUT2D eigenvalue weighted by Gasteiger charge is -2.28. The highest BCUT2D eigenvalue weighted by atomic mass is 35.5. The minimum Gasteiger partial charge on any atom is -0.398 e. The lowest BCUT2D eigenvalue weighted by atomic mass is 9.80. The van der Waals surface area contributed by atoms with Gasteiger partial charge in [-0.3, -0.25) is 0 Å². The number of anilines is 1. The maximum atomic E-state index is 13.0. The Hall–Kier alpha value is -0.900. The van der Waals surface area contributed by atoms with Gasteiger partial charge in [0.05, 0.1) is 10.6 Å². The van der Waals surface area contributed by atoms with Crippen LogP contribution in [-0.4, -0.2) is 0 Å². The van der Waals surface area contributed by atoms with Crippen molar-refractivity contribution in [1.82, 2.24) is 0 Å². The molecule has 2 N–H and O–H groups in total. The number of rotatable bonds is 0. The van der Waals surface area contributed by atoms with Crippen molar-refractivity contribution in [1.29, 1.82) is 0 Å². The molecule has 0 aliphatic carbocycles. The summed E-state index contributed by atoms with van der Waals surface area (Å²) in [6.45, 7) is 6.71. The van der Waals surface area contributed by atoms with E-state index in [1.165, 1.54) is 0 Å². The third-order valence-electron chi connectivity index (χ3n) is 2.61. The maximum Gasteiger partial charge on any atom is 0.418 e. The average Bonchev–Trinajstić information content (AvgIpc) is 2.06. The normalized spacial score (nSPS) is 12.9. The monoisotopic (exact) mass is 265 g/mol. The second kappa shape index (κ2) is 4.09. The van der Waals surface area contributed by atoms with Crippen molar-refractivity contribution in [2.75, 3.05) is 5.73 Å². The Morgan fingerprint density at radius 3 is 1.94 bits per heavy atom. The van der Waals surface area contributed by atoms with Crippen LogP contribution < -0.4 is 5.73 Å². The summed E-state index contributed by atoms with van der Waals surface area (Å²) in [7, 11) is 0. The van der Waals surface area contributed by atoms with E-state index in [9.17, 15) is 13.2 Å². The van der Waals surface area contributed by atoms with Crippen LogP contribution in [0.3, 0.4) is 0 Å². The zero-order valence-electron chi connectivity index (χ0n) is 10.2. The first-order valence-electron chi connectivity index (χ1n) is 5.12. The molecule has 0 aliphatic heterocycles. The predicted molar refractivity (Wildman–Crippen MR) is 64.3 cm³/mol. The van der Waals surface area contributed by atoms with Crippen LogP contribution in [0.15, 0.2) is 6.07 Å². The first kappa shape index (κ1) is 14.2. The molecule has 5 heteroatoms. The van der Waals surface area contributed by atoms with E-state index in [0.29, 0.717) is 5.56 Å². The number of halogens is 4. The van der Waals surface area contributed by atoms with Gasteiger partial charge in [0.2, 0.25) is 0 Å². The summed E-state index contributed by atoms with van der Waals surface area (Å²) >= 11 is 5.70. The Kier molecular flexibility index (Phi) is 3.41. The van der Waals surface area contributed by atoms with Gasteiger partial charge in [0, 0.05) is 5.69 Å². The van der Waals surface area contributed by atoms with Crippen molar-refractivity contribution in [2.45, 2.75) is 39.3 Å².